The van der Waals surface area contributed by atoms with Crippen LogP contribution in [0.15, 0.2) is 42.5 Å². The molecule has 0 spiro atoms. The zero-order valence-electron chi connectivity index (χ0n) is 16.1. The summed E-state index contributed by atoms with van der Waals surface area (Å²) >= 11 is 0. The molecular formula is C20H22N2O6. The second kappa shape index (κ2) is 8.51. The molecular weight excluding hydrogens is 364 g/mol. The average Bonchev–Trinajstić information content (AvgIpc) is 2.65. The van der Waals surface area contributed by atoms with E-state index in [0.717, 1.165) is 0 Å². The molecule has 0 aromatic heterocycles. The number of amides is 1. The van der Waals surface area contributed by atoms with E-state index in [1.807, 2.05) is 0 Å². The summed E-state index contributed by atoms with van der Waals surface area (Å²) in [7, 11) is 1.40. The maximum absolute atomic E-state index is 12.3. The molecule has 2 aromatic carbocycles. The number of hydrogen-bond donors (Lipinski definition) is 1. The fourth-order valence-electron chi connectivity index (χ4n) is 2.17. The standard InChI is InChI=1S/C20H22N2O6/c1-20(2,3)19(24)21-14-7-5-13(6-8-14)17(23)12-28-18-10-9-15(27-4)11-16(18)22(25)26/h5-11H,12H2,1-4H3,(H,21,24). The summed E-state index contributed by atoms with van der Waals surface area (Å²) in [6.45, 7) is 5.04. The molecule has 0 unspecified atom stereocenters. The Bertz CT molecular complexity index is 885. The van der Waals surface area contributed by atoms with Crippen LogP contribution < -0.4 is 14.8 Å². The summed E-state index contributed by atoms with van der Waals surface area (Å²) in [5.74, 6) is -0.188. The number of ketones is 1. The van der Waals surface area contributed by atoms with Crippen LogP contribution in [0.4, 0.5) is 11.4 Å². The maximum atomic E-state index is 12.3. The van der Waals surface area contributed by atoms with Gasteiger partial charge in [-0.25, -0.2) is 0 Å². The number of ether oxygens (including phenoxy) is 2. The van der Waals surface area contributed by atoms with Crippen molar-refractivity contribution in [3.05, 3.63) is 58.1 Å². The maximum Gasteiger partial charge on any atom is 0.314 e. The van der Waals surface area contributed by atoms with Crippen LogP contribution in [-0.2, 0) is 4.79 Å². The number of carbonyl (C=O) groups is 2. The van der Waals surface area contributed by atoms with Gasteiger partial charge in [0, 0.05) is 16.7 Å². The molecule has 1 amide bonds. The van der Waals surface area contributed by atoms with Crippen molar-refractivity contribution in [3.8, 4) is 11.5 Å². The average molecular weight is 386 g/mol. The molecule has 8 heteroatoms. The number of carbonyl (C=O) groups excluding carboxylic acids is 2. The van der Waals surface area contributed by atoms with E-state index in [2.05, 4.69) is 5.32 Å². The lowest BCUT2D eigenvalue weighted by molar-refractivity contribution is -0.385. The second-order valence-corrected chi connectivity index (χ2v) is 7.08. The smallest absolute Gasteiger partial charge is 0.314 e. The van der Waals surface area contributed by atoms with E-state index in [-0.39, 0.29) is 29.7 Å². The van der Waals surface area contributed by atoms with Crippen molar-refractivity contribution in [2.45, 2.75) is 20.8 Å². The Morgan fingerprint density at radius 2 is 1.75 bits per heavy atom. The fourth-order valence-corrected chi connectivity index (χ4v) is 2.17. The molecule has 0 aliphatic carbocycles. The van der Waals surface area contributed by atoms with Crippen molar-refractivity contribution in [1.29, 1.82) is 0 Å². The van der Waals surface area contributed by atoms with Crippen LogP contribution in [0.2, 0.25) is 0 Å². The van der Waals surface area contributed by atoms with Gasteiger partial charge in [-0.1, -0.05) is 20.8 Å². The van der Waals surface area contributed by atoms with Crippen LogP contribution in [0.1, 0.15) is 31.1 Å². The van der Waals surface area contributed by atoms with E-state index in [1.54, 1.807) is 45.0 Å². The van der Waals surface area contributed by atoms with Gasteiger partial charge < -0.3 is 14.8 Å². The Morgan fingerprint density at radius 3 is 2.29 bits per heavy atom. The van der Waals surface area contributed by atoms with Crippen molar-refractivity contribution in [1.82, 2.24) is 0 Å². The molecule has 0 aliphatic heterocycles. The van der Waals surface area contributed by atoms with Crippen molar-refractivity contribution in [2.75, 3.05) is 19.0 Å². The van der Waals surface area contributed by atoms with Crippen LogP contribution in [0.25, 0.3) is 0 Å². The molecule has 0 saturated heterocycles. The topological polar surface area (TPSA) is 108 Å². The quantitative estimate of drug-likeness (QED) is 0.440. The third-order valence-corrected chi connectivity index (χ3v) is 3.87. The van der Waals surface area contributed by atoms with Crippen LogP contribution >= 0.6 is 0 Å². The lowest BCUT2D eigenvalue weighted by Gasteiger charge is -2.17. The first-order valence-electron chi connectivity index (χ1n) is 8.52. The highest BCUT2D eigenvalue weighted by Crippen LogP contribution is 2.31. The van der Waals surface area contributed by atoms with Gasteiger partial charge in [0.15, 0.2) is 18.1 Å². The van der Waals surface area contributed by atoms with Crippen LogP contribution in [0.3, 0.4) is 0 Å². The monoisotopic (exact) mass is 386 g/mol. The first-order valence-corrected chi connectivity index (χ1v) is 8.52. The third kappa shape index (κ3) is 5.29. The Labute approximate surface area is 162 Å². The van der Waals surface area contributed by atoms with Gasteiger partial charge in [0.1, 0.15) is 5.75 Å². The molecule has 28 heavy (non-hydrogen) atoms. The minimum Gasteiger partial charge on any atom is -0.496 e. The zero-order valence-corrected chi connectivity index (χ0v) is 16.1. The summed E-state index contributed by atoms with van der Waals surface area (Å²) in [4.78, 5) is 34.8. The molecule has 8 nitrogen and oxygen atoms in total. The Morgan fingerprint density at radius 1 is 1.11 bits per heavy atom. The number of rotatable bonds is 7. The lowest BCUT2D eigenvalue weighted by atomic mass is 9.95. The number of hydrogen-bond acceptors (Lipinski definition) is 6. The van der Waals surface area contributed by atoms with Gasteiger partial charge in [-0.05, 0) is 36.4 Å². The van der Waals surface area contributed by atoms with Crippen molar-refractivity contribution < 1.29 is 24.0 Å². The zero-order chi connectivity index (χ0) is 20.9. The van der Waals surface area contributed by atoms with E-state index < -0.39 is 10.3 Å². The molecule has 0 aliphatic rings. The van der Waals surface area contributed by atoms with Crippen molar-refractivity contribution >= 4 is 23.1 Å². The molecule has 0 bridgehead atoms. The Balaban J connectivity index is 2.04. The number of nitro benzene ring substituents is 1. The normalized spacial score (nSPS) is 10.9. The highest BCUT2D eigenvalue weighted by atomic mass is 16.6. The predicted octanol–water partition coefficient (Wildman–Crippen LogP) is 3.85. The van der Waals surface area contributed by atoms with E-state index in [1.165, 1.54) is 25.3 Å². The summed E-state index contributed by atoms with van der Waals surface area (Å²) < 4.78 is 10.3. The van der Waals surface area contributed by atoms with E-state index in [9.17, 15) is 19.7 Å². The largest absolute Gasteiger partial charge is 0.496 e. The summed E-state index contributed by atoms with van der Waals surface area (Å²) in [6.07, 6.45) is 0. The molecule has 2 rings (SSSR count). The molecule has 1 N–H and O–H groups in total. The van der Waals surface area contributed by atoms with Gasteiger partial charge in [-0.3, -0.25) is 19.7 Å². The number of methoxy groups -OCH3 is 1. The van der Waals surface area contributed by atoms with Gasteiger partial charge in [0.2, 0.25) is 5.91 Å². The molecule has 0 radical (unpaired) electrons. The highest BCUT2D eigenvalue weighted by Gasteiger charge is 2.21. The summed E-state index contributed by atoms with van der Waals surface area (Å²) in [5, 5.41) is 13.9. The molecule has 0 heterocycles. The first kappa shape index (κ1) is 20.9. The number of anilines is 1. The van der Waals surface area contributed by atoms with Crippen LogP contribution in [0, 0.1) is 15.5 Å². The molecule has 148 valence electrons. The second-order valence-electron chi connectivity index (χ2n) is 7.08. The number of nitrogens with one attached hydrogen (secondary N) is 1. The molecule has 2 aromatic rings. The minimum absolute atomic E-state index is 0.0202. The van der Waals surface area contributed by atoms with E-state index in [4.69, 9.17) is 9.47 Å². The van der Waals surface area contributed by atoms with Crippen molar-refractivity contribution in [2.24, 2.45) is 5.41 Å². The van der Waals surface area contributed by atoms with Gasteiger partial charge in [0.25, 0.3) is 0 Å². The van der Waals surface area contributed by atoms with Crippen LogP contribution in [0.5, 0.6) is 11.5 Å². The number of Topliss-reactive ketones (excluding diaryl/α,β-unsaturated/α-hetero) is 1. The Hall–Kier alpha value is -3.42. The molecule has 0 atom stereocenters. The van der Waals surface area contributed by atoms with Gasteiger partial charge in [0.05, 0.1) is 18.1 Å². The minimum atomic E-state index is -0.602. The first-order chi connectivity index (χ1) is 13.1. The lowest BCUT2D eigenvalue weighted by Crippen LogP contribution is -2.27. The van der Waals surface area contributed by atoms with Crippen LogP contribution in [-0.4, -0.2) is 30.3 Å². The Kier molecular flexibility index (Phi) is 6.35. The molecule has 0 saturated carbocycles. The predicted molar refractivity (Wildman–Crippen MR) is 104 cm³/mol. The summed E-state index contributed by atoms with van der Waals surface area (Å²) in [6, 6.07) is 10.5. The van der Waals surface area contributed by atoms with Crippen molar-refractivity contribution in [3.63, 3.8) is 0 Å². The summed E-state index contributed by atoms with van der Waals surface area (Å²) in [5.41, 5.74) is 0.121. The fraction of sp³-hybridized carbons (Fsp3) is 0.300. The highest BCUT2D eigenvalue weighted by molar-refractivity contribution is 5.98. The van der Waals surface area contributed by atoms with E-state index in [0.29, 0.717) is 17.0 Å². The number of nitrogens with zero attached hydrogens (tertiary/aromatic N) is 1. The van der Waals surface area contributed by atoms with E-state index >= 15 is 0 Å². The SMILES string of the molecule is COc1ccc(OCC(=O)c2ccc(NC(=O)C(C)(C)C)cc2)c([N+](=O)[O-])c1. The number of nitro groups is 1. The third-order valence-electron chi connectivity index (χ3n) is 3.87. The molecule has 0 fully saturated rings. The van der Waals surface area contributed by atoms with Gasteiger partial charge >= 0.3 is 5.69 Å². The van der Waals surface area contributed by atoms with Gasteiger partial charge in [-0.2, -0.15) is 0 Å². The number of benzene rings is 2. The van der Waals surface area contributed by atoms with Gasteiger partial charge in [-0.15, -0.1) is 0 Å².